The van der Waals surface area contributed by atoms with Gasteiger partial charge in [0.05, 0.1) is 10.6 Å². The number of carbonyl (C=O) groups excluding carboxylic acids is 1. The SMILES string of the molecule is O=C(CSc1nc(-c2cccs2)nc2cc(=O)[nH]n12)N1CCCC1. The van der Waals surface area contributed by atoms with Crippen molar-refractivity contribution in [3.8, 4) is 10.7 Å². The van der Waals surface area contributed by atoms with E-state index in [4.69, 9.17) is 0 Å². The van der Waals surface area contributed by atoms with E-state index in [9.17, 15) is 9.59 Å². The summed E-state index contributed by atoms with van der Waals surface area (Å²) in [7, 11) is 0. The van der Waals surface area contributed by atoms with Crippen LogP contribution >= 0.6 is 23.1 Å². The highest BCUT2D eigenvalue weighted by Crippen LogP contribution is 2.25. The summed E-state index contributed by atoms with van der Waals surface area (Å²) in [5.41, 5.74) is 0.273. The van der Waals surface area contributed by atoms with E-state index in [1.54, 1.807) is 4.52 Å². The van der Waals surface area contributed by atoms with E-state index in [1.807, 2.05) is 22.4 Å². The average Bonchev–Trinajstić information content (AvgIpc) is 3.30. The molecule has 0 spiro atoms. The largest absolute Gasteiger partial charge is 0.342 e. The molecule has 3 aromatic heterocycles. The number of thiophene rings is 1. The predicted octanol–water partition coefficient (Wildman–Crippen LogP) is 1.86. The van der Waals surface area contributed by atoms with Crippen LogP contribution < -0.4 is 5.56 Å². The number of thioether (sulfide) groups is 1. The molecule has 1 fully saturated rings. The normalized spacial score (nSPS) is 14.6. The van der Waals surface area contributed by atoms with Crippen LogP contribution in [0.15, 0.2) is 33.5 Å². The Kier molecular flexibility index (Phi) is 4.11. The van der Waals surface area contributed by atoms with Crippen molar-refractivity contribution in [2.24, 2.45) is 0 Å². The Hall–Kier alpha value is -2.13. The molecule has 1 N–H and O–H groups in total. The van der Waals surface area contributed by atoms with Gasteiger partial charge in [-0.3, -0.25) is 14.7 Å². The lowest BCUT2D eigenvalue weighted by Gasteiger charge is -2.14. The second-order valence-corrected chi connectivity index (χ2v) is 7.39. The molecule has 0 radical (unpaired) electrons. The molecule has 3 aromatic rings. The van der Waals surface area contributed by atoms with Crippen LogP contribution in [0.4, 0.5) is 0 Å². The fourth-order valence-electron chi connectivity index (χ4n) is 2.68. The van der Waals surface area contributed by atoms with Gasteiger partial charge in [-0.05, 0) is 24.3 Å². The fourth-order valence-corrected chi connectivity index (χ4v) is 4.19. The molecule has 1 aliphatic rings. The van der Waals surface area contributed by atoms with Crippen molar-refractivity contribution in [1.29, 1.82) is 0 Å². The van der Waals surface area contributed by atoms with Gasteiger partial charge in [0, 0.05) is 19.2 Å². The maximum atomic E-state index is 12.3. The van der Waals surface area contributed by atoms with Gasteiger partial charge in [-0.2, -0.15) is 0 Å². The second-order valence-electron chi connectivity index (χ2n) is 5.50. The zero-order valence-electron chi connectivity index (χ0n) is 12.8. The number of carbonyl (C=O) groups is 1. The lowest BCUT2D eigenvalue weighted by atomic mass is 10.4. The van der Waals surface area contributed by atoms with Crippen LogP contribution in [0.2, 0.25) is 0 Å². The Morgan fingerprint density at radius 1 is 1.33 bits per heavy atom. The fraction of sp³-hybridized carbons (Fsp3) is 0.333. The molecule has 1 aliphatic heterocycles. The van der Waals surface area contributed by atoms with Crippen molar-refractivity contribution >= 4 is 34.7 Å². The summed E-state index contributed by atoms with van der Waals surface area (Å²) in [6.07, 6.45) is 2.14. The molecule has 0 aliphatic carbocycles. The minimum Gasteiger partial charge on any atom is -0.342 e. The van der Waals surface area contributed by atoms with Gasteiger partial charge in [-0.1, -0.05) is 17.8 Å². The van der Waals surface area contributed by atoms with Crippen molar-refractivity contribution in [3.63, 3.8) is 0 Å². The maximum Gasteiger partial charge on any atom is 0.266 e. The number of fused-ring (bicyclic) bond motifs is 1. The quantitative estimate of drug-likeness (QED) is 0.717. The van der Waals surface area contributed by atoms with E-state index in [0.29, 0.717) is 22.4 Å². The average molecular weight is 361 g/mol. The van der Waals surface area contributed by atoms with Crippen molar-refractivity contribution in [1.82, 2.24) is 24.5 Å². The Morgan fingerprint density at radius 3 is 2.92 bits per heavy atom. The molecule has 4 heterocycles. The van der Waals surface area contributed by atoms with E-state index in [0.717, 1.165) is 30.8 Å². The van der Waals surface area contributed by atoms with Gasteiger partial charge in [0.25, 0.3) is 5.56 Å². The molecular formula is C15H15N5O2S2. The molecule has 0 unspecified atom stereocenters. The van der Waals surface area contributed by atoms with Crippen molar-refractivity contribution in [3.05, 3.63) is 33.9 Å². The summed E-state index contributed by atoms with van der Waals surface area (Å²) in [5, 5.41) is 5.21. The van der Waals surface area contributed by atoms with Crippen LogP contribution in [0.3, 0.4) is 0 Å². The van der Waals surface area contributed by atoms with Gasteiger partial charge in [-0.15, -0.1) is 11.3 Å². The molecule has 7 nitrogen and oxygen atoms in total. The van der Waals surface area contributed by atoms with Crippen LogP contribution in [0.1, 0.15) is 12.8 Å². The van der Waals surface area contributed by atoms with Crippen molar-refractivity contribution in [2.75, 3.05) is 18.8 Å². The summed E-state index contributed by atoms with van der Waals surface area (Å²) in [6, 6.07) is 5.30. The maximum absolute atomic E-state index is 12.3. The molecule has 24 heavy (non-hydrogen) atoms. The summed E-state index contributed by atoms with van der Waals surface area (Å²) in [4.78, 5) is 35.7. The lowest BCUT2D eigenvalue weighted by molar-refractivity contribution is -0.127. The monoisotopic (exact) mass is 361 g/mol. The summed E-state index contributed by atoms with van der Waals surface area (Å²) in [6.45, 7) is 1.67. The van der Waals surface area contributed by atoms with Crippen LogP contribution in [0.5, 0.6) is 0 Å². The number of hydrogen-bond acceptors (Lipinski definition) is 6. The van der Waals surface area contributed by atoms with E-state index in [-0.39, 0.29) is 11.5 Å². The van der Waals surface area contributed by atoms with E-state index in [2.05, 4.69) is 15.1 Å². The number of hydrogen-bond donors (Lipinski definition) is 1. The number of aromatic amines is 1. The summed E-state index contributed by atoms with van der Waals surface area (Å²) >= 11 is 2.86. The van der Waals surface area contributed by atoms with Gasteiger partial charge < -0.3 is 4.90 Å². The van der Waals surface area contributed by atoms with Gasteiger partial charge in [0.1, 0.15) is 0 Å². The van der Waals surface area contributed by atoms with E-state index >= 15 is 0 Å². The first-order chi connectivity index (χ1) is 11.7. The second kappa shape index (κ2) is 6.40. The minimum absolute atomic E-state index is 0.108. The number of rotatable bonds is 4. The third kappa shape index (κ3) is 2.96. The van der Waals surface area contributed by atoms with Crippen LogP contribution in [-0.4, -0.2) is 49.2 Å². The highest BCUT2D eigenvalue weighted by molar-refractivity contribution is 7.99. The van der Waals surface area contributed by atoms with Gasteiger partial charge in [-0.25, -0.2) is 14.5 Å². The zero-order valence-corrected chi connectivity index (χ0v) is 14.4. The number of H-pyrrole nitrogens is 1. The van der Waals surface area contributed by atoms with Crippen LogP contribution in [-0.2, 0) is 4.79 Å². The number of aromatic nitrogens is 4. The topological polar surface area (TPSA) is 83.4 Å². The first kappa shape index (κ1) is 15.4. The molecular weight excluding hydrogens is 346 g/mol. The van der Waals surface area contributed by atoms with Crippen LogP contribution in [0.25, 0.3) is 16.3 Å². The number of nitrogens with zero attached hydrogens (tertiary/aromatic N) is 4. The van der Waals surface area contributed by atoms with Crippen LogP contribution in [0, 0.1) is 0 Å². The minimum atomic E-state index is -0.236. The number of likely N-dealkylation sites (tertiary alicyclic amines) is 1. The molecule has 124 valence electrons. The van der Waals surface area contributed by atoms with Gasteiger partial charge in [0.15, 0.2) is 16.6 Å². The van der Waals surface area contributed by atoms with E-state index < -0.39 is 0 Å². The smallest absolute Gasteiger partial charge is 0.266 e. The van der Waals surface area contributed by atoms with E-state index in [1.165, 1.54) is 29.2 Å². The number of nitrogens with one attached hydrogen (secondary N) is 1. The molecule has 0 saturated carbocycles. The molecule has 1 saturated heterocycles. The van der Waals surface area contributed by atoms with Gasteiger partial charge >= 0.3 is 0 Å². The highest BCUT2D eigenvalue weighted by atomic mass is 32.2. The zero-order chi connectivity index (χ0) is 16.5. The molecule has 1 amide bonds. The Balaban J connectivity index is 1.65. The molecule has 9 heteroatoms. The summed E-state index contributed by atoms with van der Waals surface area (Å²) in [5.74, 6) is 0.979. The lowest BCUT2D eigenvalue weighted by Crippen LogP contribution is -2.29. The molecule has 0 atom stereocenters. The highest BCUT2D eigenvalue weighted by Gasteiger charge is 2.19. The van der Waals surface area contributed by atoms with Crippen molar-refractivity contribution in [2.45, 2.75) is 18.0 Å². The number of amides is 1. The summed E-state index contributed by atoms with van der Waals surface area (Å²) < 4.78 is 1.54. The Bertz CT molecular complexity index is 925. The third-order valence-electron chi connectivity index (χ3n) is 3.85. The Labute approximate surface area is 145 Å². The molecule has 0 bridgehead atoms. The van der Waals surface area contributed by atoms with Gasteiger partial charge in [0.2, 0.25) is 5.91 Å². The van der Waals surface area contributed by atoms with Crippen molar-refractivity contribution < 1.29 is 4.79 Å². The predicted molar refractivity (Wildman–Crippen MR) is 93.5 cm³/mol. The first-order valence-corrected chi connectivity index (χ1v) is 9.51. The first-order valence-electron chi connectivity index (χ1n) is 7.65. The molecule has 4 rings (SSSR count). The third-order valence-corrected chi connectivity index (χ3v) is 5.64. The molecule has 0 aromatic carbocycles. The standard InChI is InChI=1S/C15H15N5O2S2/c21-12-8-11-16-14(10-4-3-7-23-10)17-15(20(11)18-12)24-9-13(22)19-5-1-2-6-19/h3-4,7-8H,1-2,5-6,9H2,(H,18,21). The Morgan fingerprint density at radius 2 is 2.17 bits per heavy atom.